The largest absolute Gasteiger partial charge is 0.494 e. The van der Waals surface area contributed by atoms with E-state index in [-0.39, 0.29) is 11.8 Å². The lowest BCUT2D eigenvalue weighted by molar-refractivity contribution is 0.0771. The van der Waals surface area contributed by atoms with Crippen LogP contribution < -0.4 is 4.74 Å². The molecule has 1 amide bonds. The van der Waals surface area contributed by atoms with Gasteiger partial charge in [0.25, 0.3) is 5.91 Å². The Hall–Kier alpha value is -2.01. The highest BCUT2D eigenvalue weighted by atomic mass is 35.5. The second kappa shape index (κ2) is 8.39. The lowest BCUT2D eigenvalue weighted by Crippen LogP contribution is -2.28. The molecule has 0 atom stereocenters. The molecule has 0 radical (unpaired) electrons. The predicted molar refractivity (Wildman–Crippen MR) is 100 cm³/mol. The van der Waals surface area contributed by atoms with Gasteiger partial charge in [-0.2, -0.15) is 5.10 Å². The second-order valence-electron chi connectivity index (χ2n) is 6.27. The number of rotatable bonds is 7. The number of ether oxygens (including phenoxy) is 1. The highest BCUT2D eigenvalue weighted by Gasteiger charge is 2.20. The van der Waals surface area contributed by atoms with E-state index in [2.05, 4.69) is 18.9 Å². The summed E-state index contributed by atoms with van der Waals surface area (Å²) in [6, 6.07) is 7.35. The summed E-state index contributed by atoms with van der Waals surface area (Å²) < 4.78 is 7.40. The van der Waals surface area contributed by atoms with Crippen molar-refractivity contribution in [3.8, 4) is 5.75 Å². The molecule has 0 bridgehead atoms. The third-order valence-electron chi connectivity index (χ3n) is 3.99. The van der Waals surface area contributed by atoms with Crippen molar-refractivity contribution in [3.05, 3.63) is 46.2 Å². The molecule has 2 rings (SSSR count). The number of aromatic nitrogens is 2. The van der Waals surface area contributed by atoms with Crippen LogP contribution in [0.1, 0.15) is 55.4 Å². The van der Waals surface area contributed by atoms with Gasteiger partial charge in [0, 0.05) is 30.7 Å². The third-order valence-corrected chi connectivity index (χ3v) is 4.22. The van der Waals surface area contributed by atoms with Crippen molar-refractivity contribution >= 4 is 17.5 Å². The Morgan fingerprint density at radius 3 is 2.64 bits per heavy atom. The van der Waals surface area contributed by atoms with E-state index in [0.717, 1.165) is 17.0 Å². The Kier molecular flexibility index (Phi) is 6.48. The zero-order valence-electron chi connectivity index (χ0n) is 15.5. The third kappa shape index (κ3) is 4.54. The maximum atomic E-state index is 12.9. The molecule has 0 aliphatic heterocycles. The van der Waals surface area contributed by atoms with Crippen LogP contribution in [0.3, 0.4) is 0 Å². The predicted octanol–water partition coefficient (Wildman–Crippen LogP) is 4.35. The zero-order chi connectivity index (χ0) is 18.6. The summed E-state index contributed by atoms with van der Waals surface area (Å²) in [7, 11) is 1.78. The number of hydrogen-bond donors (Lipinski definition) is 0. The lowest BCUT2D eigenvalue weighted by Gasteiger charge is -2.19. The van der Waals surface area contributed by atoms with Gasteiger partial charge in [0.15, 0.2) is 0 Å². The molecule has 1 heterocycles. The van der Waals surface area contributed by atoms with Gasteiger partial charge in [0.1, 0.15) is 11.4 Å². The van der Waals surface area contributed by atoms with Gasteiger partial charge in [-0.25, -0.2) is 0 Å². The van der Waals surface area contributed by atoms with Crippen LogP contribution in [0.2, 0.25) is 5.02 Å². The average molecular weight is 364 g/mol. The van der Waals surface area contributed by atoms with Gasteiger partial charge in [0.05, 0.1) is 12.3 Å². The molecule has 0 N–H and O–H groups in total. The maximum Gasteiger partial charge on any atom is 0.272 e. The highest BCUT2D eigenvalue weighted by molar-refractivity contribution is 6.30. The minimum absolute atomic E-state index is 0.0660. The number of nitrogens with zero attached hydrogens (tertiary/aromatic N) is 3. The first kappa shape index (κ1) is 19.3. The first-order valence-electron chi connectivity index (χ1n) is 8.61. The molecule has 1 aromatic carbocycles. The van der Waals surface area contributed by atoms with Crippen LogP contribution in [-0.2, 0) is 13.1 Å². The summed E-state index contributed by atoms with van der Waals surface area (Å²) in [6.45, 7) is 9.69. The Bertz CT molecular complexity index is 740. The molecule has 1 aromatic heterocycles. The van der Waals surface area contributed by atoms with Gasteiger partial charge < -0.3 is 9.64 Å². The van der Waals surface area contributed by atoms with Crippen molar-refractivity contribution in [3.63, 3.8) is 0 Å². The van der Waals surface area contributed by atoms with Crippen LogP contribution in [0.25, 0.3) is 0 Å². The lowest BCUT2D eigenvalue weighted by atomic mass is 10.1. The molecule has 136 valence electrons. The molecule has 0 aliphatic rings. The fourth-order valence-electron chi connectivity index (χ4n) is 2.62. The monoisotopic (exact) mass is 363 g/mol. The van der Waals surface area contributed by atoms with Crippen LogP contribution in [0.5, 0.6) is 5.75 Å². The van der Waals surface area contributed by atoms with Gasteiger partial charge in [-0.3, -0.25) is 9.48 Å². The van der Waals surface area contributed by atoms with Crippen molar-refractivity contribution < 1.29 is 9.53 Å². The van der Waals surface area contributed by atoms with E-state index in [4.69, 9.17) is 16.3 Å². The van der Waals surface area contributed by atoms with E-state index in [1.165, 1.54) is 0 Å². The molecule has 6 heteroatoms. The number of amides is 1. The van der Waals surface area contributed by atoms with E-state index >= 15 is 0 Å². The van der Waals surface area contributed by atoms with Gasteiger partial charge in [0.2, 0.25) is 0 Å². The fourth-order valence-corrected chi connectivity index (χ4v) is 2.82. The van der Waals surface area contributed by atoms with Gasteiger partial charge >= 0.3 is 0 Å². The Morgan fingerprint density at radius 2 is 2.04 bits per heavy atom. The molecule has 0 spiro atoms. The molecule has 0 saturated carbocycles. The van der Waals surface area contributed by atoms with E-state index < -0.39 is 0 Å². The van der Waals surface area contributed by atoms with Crippen molar-refractivity contribution in [2.24, 2.45) is 0 Å². The highest BCUT2D eigenvalue weighted by Crippen LogP contribution is 2.25. The molecule has 0 aliphatic carbocycles. The quantitative estimate of drug-likeness (QED) is 0.734. The SMILES string of the molecule is CCOc1ccc(Cl)cc1CN(C)C(=O)c1cc(C(C)C)nn1CC. The Balaban J connectivity index is 2.25. The van der Waals surface area contributed by atoms with Crippen LogP contribution in [0.4, 0.5) is 0 Å². The standard InChI is InChI=1S/C19H26ClN3O2/c1-6-23-17(11-16(21-23)13(3)4)19(24)22(5)12-14-10-15(20)8-9-18(14)25-7-2/h8-11,13H,6-7,12H2,1-5H3. The average Bonchev–Trinajstić information content (AvgIpc) is 3.01. The van der Waals surface area contributed by atoms with E-state index in [1.807, 2.05) is 32.0 Å². The molecular weight excluding hydrogens is 338 g/mol. The van der Waals surface area contributed by atoms with Crippen molar-refractivity contribution in [2.45, 2.75) is 46.7 Å². The van der Waals surface area contributed by atoms with Crippen molar-refractivity contribution in [2.75, 3.05) is 13.7 Å². The first-order chi connectivity index (χ1) is 11.9. The Labute approximate surface area is 154 Å². The van der Waals surface area contributed by atoms with Crippen LogP contribution in [-0.4, -0.2) is 34.2 Å². The van der Waals surface area contributed by atoms with Gasteiger partial charge in [-0.15, -0.1) is 0 Å². The van der Waals surface area contributed by atoms with E-state index in [9.17, 15) is 4.79 Å². The minimum atomic E-state index is -0.0660. The van der Waals surface area contributed by atoms with Crippen molar-refractivity contribution in [1.82, 2.24) is 14.7 Å². The molecule has 2 aromatic rings. The topological polar surface area (TPSA) is 47.4 Å². The number of benzene rings is 1. The summed E-state index contributed by atoms with van der Waals surface area (Å²) in [5.41, 5.74) is 2.42. The molecule has 25 heavy (non-hydrogen) atoms. The number of hydrogen-bond acceptors (Lipinski definition) is 3. The number of halogens is 1. The second-order valence-corrected chi connectivity index (χ2v) is 6.71. The summed E-state index contributed by atoms with van der Waals surface area (Å²) in [5.74, 6) is 0.962. The molecule has 0 unspecified atom stereocenters. The molecule has 0 saturated heterocycles. The number of carbonyl (C=O) groups is 1. The smallest absolute Gasteiger partial charge is 0.272 e. The molecule has 5 nitrogen and oxygen atoms in total. The summed E-state index contributed by atoms with van der Waals surface area (Å²) >= 11 is 6.11. The van der Waals surface area contributed by atoms with Crippen LogP contribution in [0.15, 0.2) is 24.3 Å². The van der Waals surface area contributed by atoms with Gasteiger partial charge in [-0.1, -0.05) is 25.4 Å². The van der Waals surface area contributed by atoms with E-state index in [1.54, 1.807) is 22.7 Å². The van der Waals surface area contributed by atoms with Gasteiger partial charge in [-0.05, 0) is 44.0 Å². The number of carbonyl (C=O) groups excluding carboxylic acids is 1. The van der Waals surface area contributed by atoms with Crippen LogP contribution >= 0.6 is 11.6 Å². The van der Waals surface area contributed by atoms with E-state index in [0.29, 0.717) is 30.4 Å². The maximum absolute atomic E-state index is 12.9. The van der Waals surface area contributed by atoms with Crippen LogP contribution in [0, 0.1) is 0 Å². The summed E-state index contributed by atoms with van der Waals surface area (Å²) in [5, 5.41) is 5.15. The Morgan fingerprint density at radius 1 is 1.32 bits per heavy atom. The molecular formula is C19H26ClN3O2. The zero-order valence-corrected chi connectivity index (χ0v) is 16.3. The molecule has 0 fully saturated rings. The first-order valence-corrected chi connectivity index (χ1v) is 8.99. The van der Waals surface area contributed by atoms with Crippen molar-refractivity contribution in [1.29, 1.82) is 0 Å². The fraction of sp³-hybridized carbons (Fsp3) is 0.474. The number of aryl methyl sites for hydroxylation is 1. The minimum Gasteiger partial charge on any atom is -0.494 e. The normalized spacial score (nSPS) is 11.0. The summed E-state index contributed by atoms with van der Waals surface area (Å²) in [4.78, 5) is 14.6. The summed E-state index contributed by atoms with van der Waals surface area (Å²) in [6.07, 6.45) is 0.